The molecule has 5 nitrogen and oxygen atoms in total. The van der Waals surface area contributed by atoms with Crippen LogP contribution in [-0.2, 0) is 4.74 Å². The Hall–Kier alpha value is -1.49. The van der Waals surface area contributed by atoms with Crippen LogP contribution >= 0.6 is 0 Å². The predicted molar refractivity (Wildman–Crippen MR) is 71.9 cm³/mol. The molecule has 2 heterocycles. The molecule has 0 amide bonds. The Balaban J connectivity index is 2.16. The van der Waals surface area contributed by atoms with Crippen molar-refractivity contribution < 1.29 is 9.47 Å². The summed E-state index contributed by atoms with van der Waals surface area (Å²) in [6.45, 7) is 7.45. The van der Waals surface area contributed by atoms with Gasteiger partial charge >= 0.3 is 0 Å². The molecule has 2 unspecified atom stereocenters. The molecule has 0 radical (unpaired) electrons. The van der Waals surface area contributed by atoms with Crippen LogP contribution in [0.15, 0.2) is 12.1 Å². The summed E-state index contributed by atoms with van der Waals surface area (Å²) in [5.41, 5.74) is 6.27. The van der Waals surface area contributed by atoms with Crippen molar-refractivity contribution >= 4 is 11.5 Å². The molecule has 1 aromatic rings. The average molecular weight is 251 g/mol. The highest BCUT2D eigenvalue weighted by atomic mass is 16.5. The van der Waals surface area contributed by atoms with Gasteiger partial charge in [-0.1, -0.05) is 0 Å². The third-order valence-corrected chi connectivity index (χ3v) is 3.47. The molecule has 2 rings (SSSR count). The minimum atomic E-state index is -0.0907. The molecule has 1 aromatic heterocycles. The van der Waals surface area contributed by atoms with Crippen molar-refractivity contribution in [1.29, 1.82) is 0 Å². The maximum atomic E-state index is 5.80. The van der Waals surface area contributed by atoms with E-state index in [1.807, 2.05) is 19.1 Å². The van der Waals surface area contributed by atoms with Gasteiger partial charge in [0.15, 0.2) is 0 Å². The Morgan fingerprint density at radius 3 is 3.00 bits per heavy atom. The van der Waals surface area contributed by atoms with Gasteiger partial charge in [-0.05, 0) is 39.3 Å². The number of rotatable bonds is 4. The molecule has 0 bridgehead atoms. The fourth-order valence-electron chi connectivity index (χ4n) is 2.06. The smallest absolute Gasteiger partial charge is 0.239 e. The molecule has 100 valence electrons. The maximum absolute atomic E-state index is 5.80. The molecule has 0 spiro atoms. The number of anilines is 2. The van der Waals surface area contributed by atoms with E-state index in [1.165, 1.54) is 0 Å². The zero-order valence-corrected chi connectivity index (χ0v) is 11.2. The molecule has 2 atom stereocenters. The van der Waals surface area contributed by atoms with Gasteiger partial charge in [-0.2, -0.15) is 4.98 Å². The molecule has 1 saturated heterocycles. The zero-order valence-electron chi connectivity index (χ0n) is 11.2. The van der Waals surface area contributed by atoms with E-state index in [0.29, 0.717) is 18.2 Å². The van der Waals surface area contributed by atoms with E-state index in [2.05, 4.69) is 24.1 Å². The minimum absolute atomic E-state index is 0.0907. The Labute approximate surface area is 108 Å². The second-order valence-electron chi connectivity index (χ2n) is 4.83. The lowest BCUT2D eigenvalue weighted by Gasteiger charge is -2.29. The number of nitrogens with one attached hydrogen (secondary N) is 1. The molecule has 0 aliphatic carbocycles. The number of nitrogens with two attached hydrogens (primary N) is 1. The van der Waals surface area contributed by atoms with Gasteiger partial charge in [0.05, 0.1) is 23.9 Å². The number of pyridine rings is 1. The van der Waals surface area contributed by atoms with Gasteiger partial charge in [0.25, 0.3) is 0 Å². The molecular formula is C13H21N3O2. The first-order valence-corrected chi connectivity index (χ1v) is 6.34. The summed E-state index contributed by atoms with van der Waals surface area (Å²) in [5, 5.41) is 3.42. The summed E-state index contributed by atoms with van der Waals surface area (Å²) in [6.07, 6.45) is 1.12. The maximum Gasteiger partial charge on any atom is 0.239 e. The average Bonchev–Trinajstić information content (AvgIpc) is 2.64. The van der Waals surface area contributed by atoms with Crippen LogP contribution in [0.25, 0.3) is 0 Å². The standard InChI is InChI=1S/C13H21N3O2/c1-4-17-12-10(14)5-6-11(15-12)16-13(3)7-8-18-9(13)2/h5-6,9H,4,7-8,14H2,1-3H3,(H,15,16). The highest BCUT2D eigenvalue weighted by Gasteiger charge is 2.37. The van der Waals surface area contributed by atoms with Crippen LogP contribution in [-0.4, -0.2) is 29.8 Å². The highest BCUT2D eigenvalue weighted by molar-refractivity contribution is 5.54. The Kier molecular flexibility index (Phi) is 3.61. The van der Waals surface area contributed by atoms with Crippen molar-refractivity contribution in [2.75, 3.05) is 24.3 Å². The second kappa shape index (κ2) is 5.02. The van der Waals surface area contributed by atoms with E-state index >= 15 is 0 Å². The summed E-state index contributed by atoms with van der Waals surface area (Å²) in [6, 6.07) is 3.68. The zero-order chi connectivity index (χ0) is 13.2. The van der Waals surface area contributed by atoms with E-state index in [9.17, 15) is 0 Å². The summed E-state index contributed by atoms with van der Waals surface area (Å²) < 4.78 is 11.0. The van der Waals surface area contributed by atoms with Crippen molar-refractivity contribution in [2.45, 2.75) is 38.8 Å². The van der Waals surface area contributed by atoms with Gasteiger partial charge in [-0.15, -0.1) is 0 Å². The molecule has 5 heteroatoms. The summed E-state index contributed by atoms with van der Waals surface area (Å²) in [7, 11) is 0. The molecule has 1 aliphatic rings. The van der Waals surface area contributed by atoms with Crippen LogP contribution in [0, 0.1) is 0 Å². The molecule has 3 N–H and O–H groups in total. The second-order valence-corrected chi connectivity index (χ2v) is 4.83. The minimum Gasteiger partial charge on any atom is -0.476 e. The highest BCUT2D eigenvalue weighted by Crippen LogP contribution is 2.30. The quantitative estimate of drug-likeness (QED) is 0.857. The van der Waals surface area contributed by atoms with E-state index < -0.39 is 0 Å². The summed E-state index contributed by atoms with van der Waals surface area (Å²) >= 11 is 0. The van der Waals surface area contributed by atoms with E-state index in [4.69, 9.17) is 15.2 Å². The lowest BCUT2D eigenvalue weighted by atomic mass is 9.95. The fraction of sp³-hybridized carbons (Fsp3) is 0.615. The van der Waals surface area contributed by atoms with Crippen molar-refractivity contribution in [3.05, 3.63) is 12.1 Å². The first-order valence-electron chi connectivity index (χ1n) is 6.34. The monoisotopic (exact) mass is 251 g/mol. The largest absolute Gasteiger partial charge is 0.476 e. The van der Waals surface area contributed by atoms with Crippen LogP contribution in [0.2, 0.25) is 0 Å². The van der Waals surface area contributed by atoms with Crippen LogP contribution in [0.3, 0.4) is 0 Å². The predicted octanol–water partition coefficient (Wildman–Crippen LogP) is 2.04. The third-order valence-electron chi connectivity index (χ3n) is 3.47. The fourth-order valence-corrected chi connectivity index (χ4v) is 2.06. The van der Waals surface area contributed by atoms with E-state index in [0.717, 1.165) is 18.8 Å². The molecule has 0 saturated carbocycles. The summed E-state index contributed by atoms with van der Waals surface area (Å²) in [4.78, 5) is 4.39. The van der Waals surface area contributed by atoms with Gasteiger partial charge in [0, 0.05) is 6.61 Å². The van der Waals surface area contributed by atoms with Gasteiger partial charge in [-0.3, -0.25) is 0 Å². The topological polar surface area (TPSA) is 69.4 Å². The van der Waals surface area contributed by atoms with E-state index in [-0.39, 0.29) is 11.6 Å². The van der Waals surface area contributed by atoms with Gasteiger partial charge in [0.1, 0.15) is 5.82 Å². The molecule has 1 aliphatic heterocycles. The molecular weight excluding hydrogens is 230 g/mol. The van der Waals surface area contributed by atoms with Crippen LogP contribution in [0.4, 0.5) is 11.5 Å². The van der Waals surface area contributed by atoms with Crippen LogP contribution in [0.1, 0.15) is 27.2 Å². The lowest BCUT2D eigenvalue weighted by Crippen LogP contribution is -2.41. The Morgan fingerprint density at radius 2 is 2.39 bits per heavy atom. The normalized spacial score (nSPS) is 27.2. The van der Waals surface area contributed by atoms with Crippen molar-refractivity contribution in [1.82, 2.24) is 4.98 Å². The first kappa shape index (κ1) is 13.0. The number of hydrogen-bond acceptors (Lipinski definition) is 5. The lowest BCUT2D eigenvalue weighted by molar-refractivity contribution is 0.105. The Morgan fingerprint density at radius 1 is 1.61 bits per heavy atom. The Bertz CT molecular complexity index is 425. The molecule has 18 heavy (non-hydrogen) atoms. The van der Waals surface area contributed by atoms with Crippen LogP contribution in [0.5, 0.6) is 5.88 Å². The number of ether oxygens (including phenoxy) is 2. The number of nitrogens with zero attached hydrogens (tertiary/aromatic N) is 1. The van der Waals surface area contributed by atoms with Gasteiger partial charge < -0.3 is 20.5 Å². The van der Waals surface area contributed by atoms with E-state index in [1.54, 1.807) is 0 Å². The summed E-state index contributed by atoms with van der Waals surface area (Å²) in [5.74, 6) is 1.25. The SMILES string of the molecule is CCOc1nc(NC2(C)CCOC2C)ccc1N. The molecule has 1 fully saturated rings. The number of nitrogen functional groups attached to an aromatic ring is 1. The first-order chi connectivity index (χ1) is 8.55. The van der Waals surface area contributed by atoms with Crippen molar-refractivity contribution in [3.8, 4) is 5.88 Å². The van der Waals surface area contributed by atoms with Gasteiger partial charge in [0.2, 0.25) is 5.88 Å². The number of aromatic nitrogens is 1. The van der Waals surface area contributed by atoms with Crippen LogP contribution < -0.4 is 15.8 Å². The van der Waals surface area contributed by atoms with Crippen molar-refractivity contribution in [2.24, 2.45) is 0 Å². The molecule has 0 aromatic carbocycles. The van der Waals surface area contributed by atoms with Crippen molar-refractivity contribution in [3.63, 3.8) is 0 Å². The number of hydrogen-bond donors (Lipinski definition) is 2. The third kappa shape index (κ3) is 2.51. The van der Waals surface area contributed by atoms with Gasteiger partial charge in [-0.25, -0.2) is 0 Å².